The average Bonchev–Trinajstić information content (AvgIpc) is 2.73. The highest BCUT2D eigenvalue weighted by atomic mass is 16.2. The predicted molar refractivity (Wildman–Crippen MR) is 115 cm³/mol. The Hall–Kier alpha value is -3.21. The van der Waals surface area contributed by atoms with Gasteiger partial charge in [0, 0.05) is 24.5 Å². The molecule has 29 heavy (non-hydrogen) atoms. The van der Waals surface area contributed by atoms with Crippen molar-refractivity contribution >= 4 is 17.5 Å². The Balaban J connectivity index is 1.53. The molecule has 2 aromatic carbocycles. The smallest absolute Gasteiger partial charge is 0.272 e. The topological polar surface area (TPSA) is 58.1 Å². The molecule has 3 aromatic rings. The van der Waals surface area contributed by atoms with E-state index in [1.54, 1.807) is 6.07 Å². The number of fused-ring (bicyclic) bond motifs is 1. The lowest BCUT2D eigenvalue weighted by molar-refractivity contribution is 0.0728. The molecule has 1 amide bonds. The molecular formula is C24H26N4O. The first-order chi connectivity index (χ1) is 14.0. The Morgan fingerprint density at radius 3 is 2.48 bits per heavy atom. The van der Waals surface area contributed by atoms with Crippen LogP contribution < -0.4 is 5.32 Å². The number of hydrogen-bond acceptors (Lipinski definition) is 4. The number of carbonyl (C=O) groups is 1. The molecule has 0 unspecified atom stereocenters. The molecule has 0 aliphatic carbocycles. The zero-order valence-electron chi connectivity index (χ0n) is 17.1. The molecule has 0 spiro atoms. The summed E-state index contributed by atoms with van der Waals surface area (Å²) in [6.07, 6.45) is 0.874. The number of aryl methyl sites for hydroxylation is 1. The monoisotopic (exact) mass is 386 g/mol. The fourth-order valence-corrected chi connectivity index (χ4v) is 3.65. The number of hydrogen-bond donors (Lipinski definition) is 1. The van der Waals surface area contributed by atoms with Crippen molar-refractivity contribution < 1.29 is 4.79 Å². The van der Waals surface area contributed by atoms with Crippen LogP contribution in [0.4, 0.5) is 11.6 Å². The molecule has 4 rings (SSSR count). The van der Waals surface area contributed by atoms with Gasteiger partial charge in [-0.15, -0.1) is 0 Å². The summed E-state index contributed by atoms with van der Waals surface area (Å²) < 4.78 is 0. The predicted octanol–water partition coefficient (Wildman–Crippen LogP) is 4.85. The minimum absolute atomic E-state index is 0.0526. The summed E-state index contributed by atoms with van der Waals surface area (Å²) >= 11 is 0. The van der Waals surface area contributed by atoms with Gasteiger partial charge in [-0.2, -0.15) is 0 Å². The fourth-order valence-electron chi connectivity index (χ4n) is 3.65. The van der Waals surface area contributed by atoms with E-state index in [9.17, 15) is 4.79 Å². The van der Waals surface area contributed by atoms with Gasteiger partial charge in [-0.3, -0.25) is 4.79 Å². The number of nitrogens with one attached hydrogen (secondary N) is 1. The van der Waals surface area contributed by atoms with E-state index in [1.165, 1.54) is 16.7 Å². The maximum absolute atomic E-state index is 13.1. The molecule has 1 aromatic heterocycles. The van der Waals surface area contributed by atoms with Crippen molar-refractivity contribution in [2.45, 2.75) is 39.7 Å². The highest BCUT2D eigenvalue weighted by Gasteiger charge is 2.23. The van der Waals surface area contributed by atoms with E-state index in [4.69, 9.17) is 0 Å². The normalized spacial score (nSPS) is 13.3. The molecule has 2 heterocycles. The third-order valence-electron chi connectivity index (χ3n) is 5.32. The second kappa shape index (κ2) is 8.03. The van der Waals surface area contributed by atoms with Crippen LogP contribution in [0.25, 0.3) is 0 Å². The number of anilines is 2. The van der Waals surface area contributed by atoms with Crippen LogP contribution in [0.1, 0.15) is 52.6 Å². The summed E-state index contributed by atoms with van der Waals surface area (Å²) in [5.41, 5.74) is 5.91. The molecule has 1 aliphatic rings. The molecule has 148 valence electrons. The maximum atomic E-state index is 13.1. The number of amides is 1. The second-order valence-corrected chi connectivity index (χ2v) is 7.87. The summed E-state index contributed by atoms with van der Waals surface area (Å²) in [7, 11) is 0. The first kappa shape index (κ1) is 19.1. The number of nitrogens with zero attached hydrogens (tertiary/aromatic N) is 3. The third kappa shape index (κ3) is 4.29. The van der Waals surface area contributed by atoms with E-state index in [-0.39, 0.29) is 5.91 Å². The van der Waals surface area contributed by atoms with Crippen molar-refractivity contribution in [1.29, 1.82) is 0 Å². The quantitative estimate of drug-likeness (QED) is 0.696. The highest BCUT2D eigenvalue weighted by Crippen LogP contribution is 2.22. The van der Waals surface area contributed by atoms with Crippen LogP contribution in [0, 0.1) is 6.92 Å². The minimum atomic E-state index is -0.0526. The van der Waals surface area contributed by atoms with Crippen molar-refractivity contribution in [3.63, 3.8) is 0 Å². The van der Waals surface area contributed by atoms with Gasteiger partial charge in [0.05, 0.1) is 0 Å². The molecule has 0 saturated heterocycles. The van der Waals surface area contributed by atoms with Crippen LogP contribution in [0.3, 0.4) is 0 Å². The van der Waals surface area contributed by atoms with Crippen LogP contribution in [0.5, 0.6) is 0 Å². The number of benzene rings is 2. The second-order valence-electron chi connectivity index (χ2n) is 7.87. The molecule has 0 atom stereocenters. The van der Waals surface area contributed by atoms with Gasteiger partial charge < -0.3 is 10.2 Å². The lowest BCUT2D eigenvalue weighted by Gasteiger charge is -2.28. The van der Waals surface area contributed by atoms with Crippen LogP contribution in [0.2, 0.25) is 0 Å². The summed E-state index contributed by atoms with van der Waals surface area (Å²) in [4.78, 5) is 23.9. The third-order valence-corrected chi connectivity index (χ3v) is 5.32. The number of carbonyl (C=O) groups excluding carboxylic acids is 1. The van der Waals surface area contributed by atoms with Crippen molar-refractivity contribution in [3.05, 3.63) is 82.7 Å². The standard InChI is InChI=1S/C24H26N4O/c1-16(2)18-8-10-21(11-9-18)26-24-25-17(3)14-22(27-24)23(29)28-13-12-19-6-4-5-7-20(19)15-28/h4-11,14,16H,12-13,15H2,1-3H3,(H,25,26,27). The molecular weight excluding hydrogens is 360 g/mol. The zero-order valence-corrected chi connectivity index (χ0v) is 17.1. The Bertz CT molecular complexity index is 1030. The molecule has 5 nitrogen and oxygen atoms in total. The highest BCUT2D eigenvalue weighted by molar-refractivity contribution is 5.93. The maximum Gasteiger partial charge on any atom is 0.272 e. The van der Waals surface area contributed by atoms with Gasteiger partial charge in [-0.1, -0.05) is 50.2 Å². The zero-order chi connectivity index (χ0) is 20.4. The molecule has 0 bridgehead atoms. The van der Waals surface area contributed by atoms with E-state index in [0.29, 0.717) is 30.6 Å². The van der Waals surface area contributed by atoms with Gasteiger partial charge in [0.25, 0.3) is 5.91 Å². The van der Waals surface area contributed by atoms with E-state index in [0.717, 1.165) is 17.8 Å². The van der Waals surface area contributed by atoms with Crippen molar-refractivity contribution in [2.75, 3.05) is 11.9 Å². The van der Waals surface area contributed by atoms with Crippen molar-refractivity contribution in [3.8, 4) is 0 Å². The molecule has 5 heteroatoms. The first-order valence-corrected chi connectivity index (χ1v) is 10.1. The largest absolute Gasteiger partial charge is 0.333 e. The van der Waals surface area contributed by atoms with Gasteiger partial charge in [0.2, 0.25) is 5.95 Å². The van der Waals surface area contributed by atoms with Gasteiger partial charge in [0.1, 0.15) is 5.69 Å². The SMILES string of the molecule is Cc1cc(C(=O)N2CCc3ccccc3C2)nc(Nc2ccc(C(C)C)cc2)n1. The van der Waals surface area contributed by atoms with Crippen LogP contribution >= 0.6 is 0 Å². The Morgan fingerprint density at radius 1 is 1.03 bits per heavy atom. The molecule has 0 saturated carbocycles. The van der Waals surface area contributed by atoms with E-state index in [1.807, 2.05) is 30.0 Å². The molecule has 1 aliphatic heterocycles. The van der Waals surface area contributed by atoms with Gasteiger partial charge in [0.15, 0.2) is 0 Å². The summed E-state index contributed by atoms with van der Waals surface area (Å²) in [6, 6.07) is 18.3. The van der Waals surface area contributed by atoms with E-state index in [2.05, 4.69) is 59.5 Å². The van der Waals surface area contributed by atoms with E-state index < -0.39 is 0 Å². The van der Waals surface area contributed by atoms with E-state index >= 15 is 0 Å². The number of rotatable bonds is 4. The fraction of sp³-hybridized carbons (Fsp3) is 0.292. The van der Waals surface area contributed by atoms with Crippen LogP contribution in [-0.4, -0.2) is 27.3 Å². The minimum Gasteiger partial charge on any atom is -0.333 e. The molecule has 0 fully saturated rings. The van der Waals surface area contributed by atoms with Gasteiger partial charge in [-0.05, 0) is 54.2 Å². The van der Waals surface area contributed by atoms with Crippen LogP contribution in [-0.2, 0) is 13.0 Å². The lowest BCUT2D eigenvalue weighted by Crippen LogP contribution is -2.36. The Morgan fingerprint density at radius 2 is 1.76 bits per heavy atom. The summed E-state index contributed by atoms with van der Waals surface area (Å²) in [5.74, 6) is 0.879. The summed E-state index contributed by atoms with van der Waals surface area (Å²) in [5, 5.41) is 3.23. The van der Waals surface area contributed by atoms with Crippen molar-refractivity contribution in [1.82, 2.24) is 14.9 Å². The molecule has 0 radical (unpaired) electrons. The Kier molecular flexibility index (Phi) is 5.30. The summed E-state index contributed by atoms with van der Waals surface area (Å²) in [6.45, 7) is 7.55. The lowest BCUT2D eigenvalue weighted by atomic mass is 10.00. The number of aromatic nitrogens is 2. The van der Waals surface area contributed by atoms with Crippen molar-refractivity contribution in [2.24, 2.45) is 0 Å². The average molecular weight is 386 g/mol. The van der Waals surface area contributed by atoms with Crippen LogP contribution in [0.15, 0.2) is 54.6 Å². The van der Waals surface area contributed by atoms with Gasteiger partial charge >= 0.3 is 0 Å². The Labute approximate surface area is 171 Å². The molecule has 1 N–H and O–H groups in total. The first-order valence-electron chi connectivity index (χ1n) is 10.1. The van der Waals surface area contributed by atoms with Gasteiger partial charge in [-0.25, -0.2) is 9.97 Å².